The van der Waals surface area contributed by atoms with Crippen LogP contribution in [0.5, 0.6) is 0 Å². The molecule has 2 unspecified atom stereocenters. The SMILES string of the molecule is CN1CCCCC1C1CCCN1C=O. The van der Waals surface area contributed by atoms with Crippen molar-refractivity contribution in [2.75, 3.05) is 20.1 Å². The van der Waals surface area contributed by atoms with Crippen molar-refractivity contribution >= 4 is 6.41 Å². The summed E-state index contributed by atoms with van der Waals surface area (Å²) in [6, 6.07) is 1.12. The molecule has 2 aliphatic heterocycles. The van der Waals surface area contributed by atoms with Gasteiger partial charge in [-0.05, 0) is 39.3 Å². The molecule has 0 aliphatic carbocycles. The Morgan fingerprint density at radius 1 is 1.07 bits per heavy atom. The highest BCUT2D eigenvalue weighted by atomic mass is 16.1. The van der Waals surface area contributed by atoms with E-state index in [0.29, 0.717) is 12.1 Å². The van der Waals surface area contributed by atoms with Crippen molar-refractivity contribution < 1.29 is 4.79 Å². The quantitative estimate of drug-likeness (QED) is 0.617. The van der Waals surface area contributed by atoms with E-state index < -0.39 is 0 Å². The zero-order valence-corrected chi connectivity index (χ0v) is 8.98. The van der Waals surface area contributed by atoms with E-state index in [9.17, 15) is 4.79 Å². The number of carbonyl (C=O) groups is 1. The number of likely N-dealkylation sites (N-methyl/N-ethyl adjacent to an activating group) is 1. The Bertz CT molecular complexity index is 207. The van der Waals surface area contributed by atoms with Crippen molar-refractivity contribution in [3.8, 4) is 0 Å². The lowest BCUT2D eigenvalue weighted by molar-refractivity contribution is -0.120. The van der Waals surface area contributed by atoms with Gasteiger partial charge in [0.25, 0.3) is 0 Å². The van der Waals surface area contributed by atoms with Crippen LogP contribution in [0.2, 0.25) is 0 Å². The molecule has 0 saturated carbocycles. The lowest BCUT2D eigenvalue weighted by Crippen LogP contribution is -2.49. The Hall–Kier alpha value is -0.570. The van der Waals surface area contributed by atoms with Crippen LogP contribution in [0.1, 0.15) is 32.1 Å². The van der Waals surface area contributed by atoms with Crippen molar-refractivity contribution in [1.29, 1.82) is 0 Å². The monoisotopic (exact) mass is 196 g/mol. The van der Waals surface area contributed by atoms with Gasteiger partial charge in [0.15, 0.2) is 0 Å². The lowest BCUT2D eigenvalue weighted by Gasteiger charge is -2.39. The van der Waals surface area contributed by atoms with E-state index in [4.69, 9.17) is 0 Å². The van der Waals surface area contributed by atoms with Gasteiger partial charge in [0.1, 0.15) is 0 Å². The van der Waals surface area contributed by atoms with Crippen molar-refractivity contribution in [2.45, 2.75) is 44.2 Å². The van der Waals surface area contributed by atoms with E-state index in [0.717, 1.165) is 13.0 Å². The standard InChI is InChI=1S/C11H20N2O/c1-12-7-3-2-5-10(12)11-6-4-8-13(11)9-14/h9-11H,2-8H2,1H3. The van der Waals surface area contributed by atoms with Crippen LogP contribution < -0.4 is 0 Å². The van der Waals surface area contributed by atoms with Gasteiger partial charge in [0.05, 0.1) is 0 Å². The van der Waals surface area contributed by atoms with Crippen LogP contribution in [0.3, 0.4) is 0 Å². The zero-order chi connectivity index (χ0) is 9.97. The van der Waals surface area contributed by atoms with E-state index in [-0.39, 0.29) is 0 Å². The van der Waals surface area contributed by atoms with Gasteiger partial charge in [-0.2, -0.15) is 0 Å². The molecule has 14 heavy (non-hydrogen) atoms. The maximum atomic E-state index is 10.9. The normalized spacial score (nSPS) is 34.8. The minimum Gasteiger partial charge on any atom is -0.341 e. The number of rotatable bonds is 2. The molecule has 2 atom stereocenters. The molecule has 0 aromatic carbocycles. The maximum Gasteiger partial charge on any atom is 0.210 e. The average molecular weight is 196 g/mol. The Morgan fingerprint density at radius 2 is 1.86 bits per heavy atom. The summed E-state index contributed by atoms with van der Waals surface area (Å²) in [5, 5.41) is 0. The highest BCUT2D eigenvalue weighted by molar-refractivity contribution is 5.48. The molecule has 0 N–H and O–H groups in total. The number of nitrogens with zero attached hydrogens (tertiary/aromatic N) is 2. The molecule has 2 heterocycles. The van der Waals surface area contributed by atoms with Crippen LogP contribution >= 0.6 is 0 Å². The number of hydrogen-bond acceptors (Lipinski definition) is 2. The molecule has 1 amide bonds. The van der Waals surface area contributed by atoms with Gasteiger partial charge in [-0.25, -0.2) is 0 Å². The highest BCUT2D eigenvalue weighted by Gasteiger charge is 2.34. The van der Waals surface area contributed by atoms with Gasteiger partial charge in [-0.15, -0.1) is 0 Å². The summed E-state index contributed by atoms with van der Waals surface area (Å²) < 4.78 is 0. The molecule has 0 aromatic heterocycles. The Morgan fingerprint density at radius 3 is 2.57 bits per heavy atom. The number of amides is 1. The molecule has 0 aromatic rings. The van der Waals surface area contributed by atoms with E-state index >= 15 is 0 Å². The summed E-state index contributed by atoms with van der Waals surface area (Å²) in [5.74, 6) is 0. The third kappa shape index (κ3) is 1.78. The van der Waals surface area contributed by atoms with Gasteiger partial charge in [0.2, 0.25) is 6.41 Å². The smallest absolute Gasteiger partial charge is 0.210 e. The number of carbonyl (C=O) groups excluding carboxylic acids is 1. The zero-order valence-electron chi connectivity index (χ0n) is 8.98. The van der Waals surface area contributed by atoms with Gasteiger partial charge >= 0.3 is 0 Å². The first-order chi connectivity index (χ1) is 6.83. The Labute approximate surface area is 86.1 Å². The summed E-state index contributed by atoms with van der Waals surface area (Å²) in [6.07, 6.45) is 7.35. The molecule has 2 fully saturated rings. The first-order valence-electron chi connectivity index (χ1n) is 5.74. The van der Waals surface area contributed by atoms with E-state index in [1.54, 1.807) is 0 Å². The van der Waals surface area contributed by atoms with Crippen molar-refractivity contribution in [3.63, 3.8) is 0 Å². The summed E-state index contributed by atoms with van der Waals surface area (Å²) in [5.41, 5.74) is 0. The molecule has 80 valence electrons. The van der Waals surface area contributed by atoms with Crippen LogP contribution in [0.25, 0.3) is 0 Å². The average Bonchev–Trinajstić information content (AvgIpc) is 2.66. The van der Waals surface area contributed by atoms with Crippen LogP contribution in [-0.2, 0) is 4.79 Å². The molecule has 0 bridgehead atoms. The molecule has 0 spiro atoms. The van der Waals surface area contributed by atoms with Crippen molar-refractivity contribution in [3.05, 3.63) is 0 Å². The van der Waals surface area contributed by atoms with E-state index in [2.05, 4.69) is 11.9 Å². The second-order valence-corrected chi connectivity index (χ2v) is 4.60. The third-order valence-corrected chi connectivity index (χ3v) is 3.75. The highest BCUT2D eigenvalue weighted by Crippen LogP contribution is 2.27. The largest absolute Gasteiger partial charge is 0.341 e. The first kappa shape index (κ1) is 9.97. The molecule has 3 nitrogen and oxygen atoms in total. The van der Waals surface area contributed by atoms with Gasteiger partial charge < -0.3 is 9.80 Å². The molecular weight excluding hydrogens is 176 g/mol. The van der Waals surface area contributed by atoms with Crippen molar-refractivity contribution in [2.24, 2.45) is 0 Å². The third-order valence-electron chi connectivity index (χ3n) is 3.75. The molecular formula is C11H20N2O. The summed E-state index contributed by atoms with van der Waals surface area (Å²) in [4.78, 5) is 15.3. The second kappa shape index (κ2) is 4.30. The Balaban J connectivity index is 2.01. The molecule has 0 radical (unpaired) electrons. The minimum atomic E-state index is 0.498. The summed E-state index contributed by atoms with van der Waals surface area (Å²) >= 11 is 0. The molecule has 3 heteroatoms. The van der Waals surface area contributed by atoms with Crippen LogP contribution in [0, 0.1) is 0 Å². The molecule has 2 rings (SSSR count). The van der Waals surface area contributed by atoms with Gasteiger partial charge in [0, 0.05) is 18.6 Å². The first-order valence-corrected chi connectivity index (χ1v) is 5.74. The van der Waals surface area contributed by atoms with Crippen LogP contribution in [0.15, 0.2) is 0 Å². The fraction of sp³-hybridized carbons (Fsp3) is 0.909. The molecule has 2 saturated heterocycles. The predicted octanol–water partition coefficient (Wildman–Crippen LogP) is 1.09. The lowest BCUT2D eigenvalue weighted by atomic mass is 9.95. The van der Waals surface area contributed by atoms with Crippen LogP contribution in [-0.4, -0.2) is 48.4 Å². The maximum absolute atomic E-state index is 10.9. The second-order valence-electron chi connectivity index (χ2n) is 4.60. The number of piperidine rings is 1. The number of hydrogen-bond donors (Lipinski definition) is 0. The Kier molecular flexibility index (Phi) is 3.06. The predicted molar refractivity (Wildman–Crippen MR) is 56.1 cm³/mol. The van der Waals surface area contributed by atoms with Crippen molar-refractivity contribution in [1.82, 2.24) is 9.80 Å². The minimum absolute atomic E-state index is 0.498. The van der Waals surface area contributed by atoms with E-state index in [1.165, 1.54) is 38.6 Å². The summed E-state index contributed by atoms with van der Waals surface area (Å²) in [7, 11) is 2.20. The number of likely N-dealkylation sites (tertiary alicyclic amines) is 2. The van der Waals surface area contributed by atoms with E-state index in [1.807, 2.05) is 4.90 Å². The molecule has 2 aliphatic rings. The van der Waals surface area contributed by atoms with Gasteiger partial charge in [-0.3, -0.25) is 4.79 Å². The fourth-order valence-electron chi connectivity index (χ4n) is 2.95. The summed E-state index contributed by atoms with van der Waals surface area (Å²) in [6.45, 7) is 2.17. The fourth-order valence-corrected chi connectivity index (χ4v) is 2.95. The topological polar surface area (TPSA) is 23.6 Å². The van der Waals surface area contributed by atoms with Gasteiger partial charge in [-0.1, -0.05) is 6.42 Å². The van der Waals surface area contributed by atoms with Crippen LogP contribution in [0.4, 0.5) is 0 Å².